The van der Waals surface area contributed by atoms with E-state index in [-0.39, 0.29) is 17.0 Å². The van der Waals surface area contributed by atoms with Gasteiger partial charge in [0.25, 0.3) is 0 Å². The topological polar surface area (TPSA) is 7.12 Å². The lowest BCUT2D eigenvalue weighted by Gasteiger charge is -2.11. The molecule has 1 aromatic heterocycles. The summed E-state index contributed by atoms with van der Waals surface area (Å²) < 4.78 is 2.33. The van der Waals surface area contributed by atoms with E-state index in [1.165, 1.54) is 120 Å². The molecule has 0 aliphatic carbocycles. The Morgan fingerprint density at radius 3 is 1.36 bits per heavy atom. The predicted molar refractivity (Wildman–Crippen MR) is 156 cm³/mol. The number of halogens is 1. The number of nitrogens with zero attached hydrogens (tertiary/aromatic N) is 2. The molecule has 3 heteroatoms. The zero-order chi connectivity index (χ0) is 25.0. The van der Waals surface area contributed by atoms with Crippen molar-refractivity contribution in [3.05, 3.63) is 59.9 Å². The summed E-state index contributed by atoms with van der Waals surface area (Å²) in [6, 6.07) is 13.1. The number of hydrogen-bond acceptors (Lipinski definition) is 1. The summed E-state index contributed by atoms with van der Waals surface area (Å²) in [4.78, 5) is 2.13. The molecule has 1 heterocycles. The molecule has 2 rings (SSSR count). The molecule has 0 aliphatic rings. The van der Waals surface area contributed by atoms with Gasteiger partial charge in [-0.15, -0.1) is 0 Å². The molecule has 2 aromatic rings. The molecular formula is C33H53BrN2. The summed E-state index contributed by atoms with van der Waals surface area (Å²) >= 11 is 0. The largest absolute Gasteiger partial charge is 1.00 e. The van der Waals surface area contributed by atoms with Crippen molar-refractivity contribution in [1.29, 1.82) is 0 Å². The van der Waals surface area contributed by atoms with Gasteiger partial charge in [0.1, 0.15) is 6.54 Å². The van der Waals surface area contributed by atoms with Crippen molar-refractivity contribution < 1.29 is 21.5 Å². The third kappa shape index (κ3) is 15.5. The molecule has 0 saturated heterocycles. The second-order valence-corrected chi connectivity index (χ2v) is 10.5. The van der Waals surface area contributed by atoms with Crippen molar-refractivity contribution in [2.75, 3.05) is 19.0 Å². The SMILES string of the molecule is CCCCCCCCCCCCCCCCCC[n+]1ccc(/C=C/c2ccc(N(C)C)cc2)cc1.[Br-]. The fourth-order valence-corrected chi connectivity index (χ4v) is 4.65. The molecule has 0 saturated carbocycles. The van der Waals surface area contributed by atoms with E-state index in [2.05, 4.69) is 91.4 Å². The van der Waals surface area contributed by atoms with Gasteiger partial charge in [0.15, 0.2) is 12.4 Å². The van der Waals surface area contributed by atoms with Crippen molar-refractivity contribution in [1.82, 2.24) is 0 Å². The standard InChI is InChI=1S/C33H53N2.BrH/c1-4-5-6-7-8-9-10-11-12-13-14-15-16-17-18-19-28-35-29-26-32(27-30-35)21-20-31-22-24-33(25-23-31)34(2)3;/h20-27,29-30H,4-19,28H2,1-3H3;1H/q+1;/p-1. The van der Waals surface area contributed by atoms with E-state index in [4.69, 9.17) is 0 Å². The molecule has 202 valence electrons. The van der Waals surface area contributed by atoms with Crippen molar-refractivity contribution in [3.8, 4) is 0 Å². The summed E-state index contributed by atoms with van der Waals surface area (Å²) in [6.07, 6.45) is 31.6. The van der Waals surface area contributed by atoms with Gasteiger partial charge in [0, 0.05) is 38.3 Å². The zero-order valence-electron chi connectivity index (χ0n) is 23.6. The maximum atomic E-state index is 2.33. The van der Waals surface area contributed by atoms with Crippen LogP contribution in [0.25, 0.3) is 12.2 Å². The van der Waals surface area contributed by atoms with Gasteiger partial charge in [-0.25, -0.2) is 4.57 Å². The number of aromatic nitrogens is 1. The van der Waals surface area contributed by atoms with Crippen LogP contribution in [0.5, 0.6) is 0 Å². The molecule has 0 radical (unpaired) electrons. The third-order valence-electron chi connectivity index (χ3n) is 7.06. The van der Waals surface area contributed by atoms with Gasteiger partial charge in [-0.1, -0.05) is 121 Å². The Bertz CT molecular complexity index is 780. The molecule has 0 spiro atoms. The molecule has 36 heavy (non-hydrogen) atoms. The Balaban J connectivity index is 0.00000648. The summed E-state index contributed by atoms with van der Waals surface area (Å²) in [7, 11) is 4.15. The average molecular weight is 558 g/mol. The van der Waals surface area contributed by atoms with Gasteiger partial charge < -0.3 is 21.9 Å². The molecular weight excluding hydrogens is 504 g/mol. The maximum Gasteiger partial charge on any atom is 0.169 e. The van der Waals surface area contributed by atoms with Crippen LogP contribution in [-0.4, -0.2) is 14.1 Å². The lowest BCUT2D eigenvalue weighted by atomic mass is 10.0. The van der Waals surface area contributed by atoms with Gasteiger partial charge in [-0.05, 0) is 29.7 Å². The first-order chi connectivity index (χ1) is 17.2. The second kappa shape index (κ2) is 21.5. The third-order valence-corrected chi connectivity index (χ3v) is 7.06. The Kier molecular flexibility index (Phi) is 19.3. The van der Waals surface area contributed by atoms with E-state index in [0.717, 1.165) is 6.54 Å². The lowest BCUT2D eigenvalue weighted by Crippen LogP contribution is -3.00. The number of hydrogen-bond donors (Lipinski definition) is 0. The first-order valence-electron chi connectivity index (χ1n) is 14.6. The molecule has 1 aromatic carbocycles. The van der Waals surface area contributed by atoms with Crippen molar-refractivity contribution in [3.63, 3.8) is 0 Å². The normalized spacial score (nSPS) is 11.1. The highest BCUT2D eigenvalue weighted by Gasteiger charge is 2.01. The van der Waals surface area contributed by atoms with Crippen LogP contribution in [-0.2, 0) is 6.54 Å². The molecule has 0 amide bonds. The monoisotopic (exact) mass is 556 g/mol. The fourth-order valence-electron chi connectivity index (χ4n) is 4.65. The number of aryl methyl sites for hydroxylation is 1. The zero-order valence-corrected chi connectivity index (χ0v) is 25.2. The number of pyridine rings is 1. The summed E-state index contributed by atoms with van der Waals surface area (Å²) in [5.41, 5.74) is 3.72. The van der Waals surface area contributed by atoms with E-state index in [9.17, 15) is 0 Å². The van der Waals surface area contributed by atoms with Crippen LogP contribution in [0.4, 0.5) is 5.69 Å². The van der Waals surface area contributed by atoms with E-state index in [0.29, 0.717) is 0 Å². The Hall–Kier alpha value is -1.61. The van der Waals surface area contributed by atoms with E-state index in [1.807, 2.05) is 0 Å². The van der Waals surface area contributed by atoms with Crippen LogP contribution in [0.3, 0.4) is 0 Å². The Morgan fingerprint density at radius 1 is 0.556 bits per heavy atom. The average Bonchev–Trinajstić information content (AvgIpc) is 2.88. The number of benzene rings is 1. The smallest absolute Gasteiger partial charge is 0.169 e. The van der Waals surface area contributed by atoms with Gasteiger partial charge in [-0.2, -0.15) is 0 Å². The van der Waals surface area contributed by atoms with Gasteiger partial charge in [0.05, 0.1) is 0 Å². The summed E-state index contributed by atoms with van der Waals surface area (Å²) in [5, 5.41) is 0. The first kappa shape index (κ1) is 32.4. The molecule has 2 nitrogen and oxygen atoms in total. The molecule has 0 bridgehead atoms. The van der Waals surface area contributed by atoms with Gasteiger partial charge in [-0.3, -0.25) is 0 Å². The highest BCUT2D eigenvalue weighted by molar-refractivity contribution is 5.70. The highest BCUT2D eigenvalue weighted by atomic mass is 79.9. The second-order valence-electron chi connectivity index (χ2n) is 10.5. The molecule has 0 atom stereocenters. The van der Waals surface area contributed by atoms with Crippen molar-refractivity contribution in [2.24, 2.45) is 0 Å². The van der Waals surface area contributed by atoms with Crippen LogP contribution in [0.1, 0.15) is 121 Å². The van der Waals surface area contributed by atoms with Crippen LogP contribution < -0.4 is 26.4 Å². The number of rotatable bonds is 20. The Morgan fingerprint density at radius 2 is 0.944 bits per heavy atom. The van der Waals surface area contributed by atoms with Crippen molar-refractivity contribution in [2.45, 2.75) is 116 Å². The van der Waals surface area contributed by atoms with E-state index in [1.54, 1.807) is 0 Å². The minimum Gasteiger partial charge on any atom is -1.00 e. The van der Waals surface area contributed by atoms with Gasteiger partial charge >= 0.3 is 0 Å². The molecule has 0 fully saturated rings. The molecule has 0 unspecified atom stereocenters. The van der Waals surface area contributed by atoms with Crippen LogP contribution >= 0.6 is 0 Å². The van der Waals surface area contributed by atoms with E-state index < -0.39 is 0 Å². The van der Waals surface area contributed by atoms with E-state index >= 15 is 0 Å². The lowest BCUT2D eigenvalue weighted by molar-refractivity contribution is -0.697. The van der Waals surface area contributed by atoms with Crippen LogP contribution in [0.2, 0.25) is 0 Å². The fraction of sp³-hybridized carbons (Fsp3) is 0.606. The number of unbranched alkanes of at least 4 members (excludes halogenated alkanes) is 15. The van der Waals surface area contributed by atoms with Crippen molar-refractivity contribution >= 4 is 17.8 Å². The first-order valence-corrected chi connectivity index (χ1v) is 14.6. The quantitative estimate of drug-likeness (QED) is 0.134. The van der Waals surface area contributed by atoms with Crippen LogP contribution in [0.15, 0.2) is 48.8 Å². The Labute approximate surface area is 234 Å². The maximum absolute atomic E-state index is 2.33. The minimum absolute atomic E-state index is 0. The van der Waals surface area contributed by atoms with Crippen LogP contribution in [0, 0.1) is 0 Å². The molecule has 0 N–H and O–H groups in total. The highest BCUT2D eigenvalue weighted by Crippen LogP contribution is 2.15. The summed E-state index contributed by atoms with van der Waals surface area (Å²) in [5.74, 6) is 0. The molecule has 0 aliphatic heterocycles. The number of anilines is 1. The summed E-state index contributed by atoms with van der Waals surface area (Å²) in [6.45, 7) is 3.43. The minimum atomic E-state index is 0. The van der Waals surface area contributed by atoms with Gasteiger partial charge in [0.2, 0.25) is 0 Å². The predicted octanol–water partition coefficient (Wildman–Crippen LogP) is 6.48.